The SMILES string of the molecule is CC[C@@H](C)OC(=O)CN1C(=O)S/C(=C/c2ccc(N3CCCC3)cc2)C1=O. The van der Waals surface area contributed by atoms with Crippen LogP contribution in [0.2, 0.25) is 0 Å². The molecule has 0 N–H and O–H groups in total. The normalized spacial score (nSPS) is 19.9. The number of ether oxygens (including phenoxy) is 1. The van der Waals surface area contributed by atoms with Crippen LogP contribution < -0.4 is 4.90 Å². The average molecular weight is 388 g/mol. The second kappa shape index (κ2) is 8.61. The van der Waals surface area contributed by atoms with Gasteiger partial charge in [-0.25, -0.2) is 0 Å². The number of esters is 1. The maximum atomic E-state index is 12.5. The number of rotatable bonds is 6. The third-order valence-corrected chi connectivity index (χ3v) is 5.64. The van der Waals surface area contributed by atoms with Crippen LogP contribution in [0.25, 0.3) is 6.08 Å². The minimum absolute atomic E-state index is 0.234. The molecule has 2 aliphatic heterocycles. The molecule has 3 rings (SSSR count). The van der Waals surface area contributed by atoms with E-state index in [1.165, 1.54) is 18.5 Å². The summed E-state index contributed by atoms with van der Waals surface area (Å²) in [6.07, 6.45) is 4.57. The van der Waals surface area contributed by atoms with E-state index in [9.17, 15) is 14.4 Å². The van der Waals surface area contributed by atoms with Crippen LogP contribution in [-0.4, -0.2) is 47.8 Å². The van der Waals surface area contributed by atoms with Crippen LogP contribution in [0.4, 0.5) is 10.5 Å². The molecule has 2 aliphatic rings. The number of carbonyl (C=O) groups is 3. The maximum Gasteiger partial charge on any atom is 0.326 e. The average Bonchev–Trinajstić information content (AvgIpc) is 3.27. The van der Waals surface area contributed by atoms with Crippen molar-refractivity contribution in [3.05, 3.63) is 34.7 Å². The summed E-state index contributed by atoms with van der Waals surface area (Å²) in [5.41, 5.74) is 2.02. The van der Waals surface area contributed by atoms with Crippen molar-refractivity contribution >= 4 is 40.6 Å². The Bertz CT molecular complexity index is 754. The lowest BCUT2D eigenvalue weighted by Gasteiger charge is -2.17. The summed E-state index contributed by atoms with van der Waals surface area (Å²) in [5.74, 6) is -1.02. The quantitative estimate of drug-likeness (QED) is 0.547. The molecular weight excluding hydrogens is 364 g/mol. The van der Waals surface area contributed by atoms with Gasteiger partial charge >= 0.3 is 5.97 Å². The summed E-state index contributed by atoms with van der Waals surface area (Å²) in [6.45, 7) is 5.48. The first-order chi connectivity index (χ1) is 13.0. The molecule has 0 spiro atoms. The highest BCUT2D eigenvalue weighted by molar-refractivity contribution is 8.18. The van der Waals surface area contributed by atoms with Gasteiger partial charge in [0.2, 0.25) is 0 Å². The minimum atomic E-state index is -0.567. The molecule has 1 atom stereocenters. The highest BCUT2D eigenvalue weighted by atomic mass is 32.2. The Kier molecular flexibility index (Phi) is 6.21. The number of benzene rings is 1. The molecule has 2 saturated heterocycles. The van der Waals surface area contributed by atoms with Crippen molar-refractivity contribution in [1.29, 1.82) is 0 Å². The Morgan fingerprint density at radius 3 is 2.52 bits per heavy atom. The van der Waals surface area contributed by atoms with E-state index in [4.69, 9.17) is 4.74 Å². The molecule has 1 aromatic rings. The highest BCUT2D eigenvalue weighted by Gasteiger charge is 2.36. The van der Waals surface area contributed by atoms with Gasteiger partial charge in [-0.3, -0.25) is 19.3 Å². The van der Waals surface area contributed by atoms with Crippen LogP contribution in [0.15, 0.2) is 29.2 Å². The minimum Gasteiger partial charge on any atom is -0.461 e. The Labute approximate surface area is 163 Å². The predicted molar refractivity (Wildman–Crippen MR) is 106 cm³/mol. The molecule has 144 valence electrons. The summed E-state index contributed by atoms with van der Waals surface area (Å²) in [4.78, 5) is 40.1. The van der Waals surface area contributed by atoms with Gasteiger partial charge in [-0.1, -0.05) is 19.1 Å². The first-order valence-electron chi connectivity index (χ1n) is 9.27. The fraction of sp³-hybridized carbons (Fsp3) is 0.450. The first kappa shape index (κ1) is 19.5. The number of hydrogen-bond acceptors (Lipinski definition) is 6. The summed E-state index contributed by atoms with van der Waals surface area (Å²) < 4.78 is 5.16. The van der Waals surface area contributed by atoms with Gasteiger partial charge in [-0.05, 0) is 61.7 Å². The molecule has 0 radical (unpaired) electrons. The van der Waals surface area contributed by atoms with E-state index >= 15 is 0 Å². The summed E-state index contributed by atoms with van der Waals surface area (Å²) >= 11 is 0.853. The van der Waals surface area contributed by atoms with Crippen molar-refractivity contribution in [2.24, 2.45) is 0 Å². The van der Waals surface area contributed by atoms with Crippen LogP contribution in [-0.2, 0) is 14.3 Å². The lowest BCUT2D eigenvalue weighted by atomic mass is 10.2. The highest BCUT2D eigenvalue weighted by Crippen LogP contribution is 2.32. The van der Waals surface area contributed by atoms with Crippen LogP contribution in [0.1, 0.15) is 38.7 Å². The molecule has 0 bridgehead atoms. The number of imide groups is 1. The van der Waals surface area contributed by atoms with Crippen molar-refractivity contribution in [3.8, 4) is 0 Å². The van der Waals surface area contributed by atoms with E-state index in [1.54, 1.807) is 13.0 Å². The van der Waals surface area contributed by atoms with Gasteiger partial charge in [-0.15, -0.1) is 0 Å². The number of thioether (sulfide) groups is 1. The zero-order valence-corrected chi connectivity index (χ0v) is 16.5. The van der Waals surface area contributed by atoms with E-state index in [0.717, 1.165) is 35.3 Å². The monoisotopic (exact) mass is 388 g/mol. The fourth-order valence-corrected chi connectivity index (χ4v) is 3.86. The van der Waals surface area contributed by atoms with Gasteiger partial charge in [0, 0.05) is 18.8 Å². The van der Waals surface area contributed by atoms with Gasteiger partial charge in [-0.2, -0.15) is 0 Å². The summed E-state index contributed by atoms with van der Waals surface area (Å²) in [5, 5.41) is -0.443. The zero-order valence-electron chi connectivity index (χ0n) is 15.6. The van der Waals surface area contributed by atoms with E-state index in [-0.39, 0.29) is 12.6 Å². The number of anilines is 1. The molecule has 1 aromatic carbocycles. The second-order valence-corrected chi connectivity index (χ2v) is 7.76. The third kappa shape index (κ3) is 4.71. The standard InChI is InChI=1S/C20H24N2O4S/c1-3-14(2)26-18(23)13-22-19(24)17(27-20(22)25)12-15-6-8-16(9-7-15)21-10-4-5-11-21/h6-9,12,14H,3-5,10-11,13H2,1-2H3/b17-12+/t14-/m1/s1. The molecule has 6 nitrogen and oxygen atoms in total. The molecule has 2 amide bonds. The van der Waals surface area contributed by atoms with Crippen molar-refractivity contribution in [1.82, 2.24) is 4.90 Å². The molecular formula is C20H24N2O4S. The van der Waals surface area contributed by atoms with Crippen LogP contribution in [0.3, 0.4) is 0 Å². The van der Waals surface area contributed by atoms with Crippen molar-refractivity contribution in [2.75, 3.05) is 24.5 Å². The van der Waals surface area contributed by atoms with Gasteiger partial charge in [0.1, 0.15) is 6.54 Å². The van der Waals surface area contributed by atoms with Crippen LogP contribution in [0.5, 0.6) is 0 Å². The molecule has 2 heterocycles. The molecule has 0 saturated carbocycles. The van der Waals surface area contributed by atoms with E-state index in [1.807, 2.05) is 31.2 Å². The molecule has 0 aliphatic carbocycles. The number of nitrogens with zero attached hydrogens (tertiary/aromatic N) is 2. The van der Waals surface area contributed by atoms with Crippen molar-refractivity contribution < 1.29 is 19.1 Å². The Morgan fingerprint density at radius 1 is 1.22 bits per heavy atom. The van der Waals surface area contributed by atoms with Gasteiger partial charge in [0.05, 0.1) is 11.0 Å². The summed E-state index contributed by atoms with van der Waals surface area (Å²) in [6, 6.07) is 7.95. The van der Waals surface area contributed by atoms with Gasteiger partial charge < -0.3 is 9.64 Å². The largest absolute Gasteiger partial charge is 0.461 e. The third-order valence-electron chi connectivity index (χ3n) is 4.73. The zero-order chi connectivity index (χ0) is 19.4. The van der Waals surface area contributed by atoms with E-state index in [2.05, 4.69) is 4.90 Å². The molecule has 0 unspecified atom stereocenters. The summed E-state index contributed by atoms with van der Waals surface area (Å²) in [7, 11) is 0. The smallest absolute Gasteiger partial charge is 0.326 e. The first-order valence-corrected chi connectivity index (χ1v) is 10.1. The van der Waals surface area contributed by atoms with E-state index < -0.39 is 17.1 Å². The lowest BCUT2D eigenvalue weighted by Crippen LogP contribution is -2.35. The Balaban J connectivity index is 1.65. The molecule has 2 fully saturated rings. The maximum absolute atomic E-state index is 12.5. The van der Waals surface area contributed by atoms with Crippen molar-refractivity contribution in [2.45, 2.75) is 39.2 Å². The van der Waals surface area contributed by atoms with Crippen LogP contribution in [0, 0.1) is 0 Å². The molecule has 0 aromatic heterocycles. The number of amides is 2. The second-order valence-electron chi connectivity index (χ2n) is 6.76. The molecule has 7 heteroatoms. The topological polar surface area (TPSA) is 66.9 Å². The van der Waals surface area contributed by atoms with Crippen molar-refractivity contribution in [3.63, 3.8) is 0 Å². The molecule has 27 heavy (non-hydrogen) atoms. The van der Waals surface area contributed by atoms with Gasteiger partial charge in [0.15, 0.2) is 0 Å². The Hall–Kier alpha value is -2.28. The fourth-order valence-electron chi connectivity index (χ4n) is 3.02. The number of carbonyl (C=O) groups excluding carboxylic acids is 3. The number of hydrogen-bond donors (Lipinski definition) is 0. The predicted octanol–water partition coefficient (Wildman–Crippen LogP) is 3.66. The lowest BCUT2D eigenvalue weighted by molar-refractivity contribution is -0.150. The van der Waals surface area contributed by atoms with Gasteiger partial charge in [0.25, 0.3) is 11.1 Å². The van der Waals surface area contributed by atoms with E-state index in [0.29, 0.717) is 11.3 Å². The Morgan fingerprint density at radius 2 is 1.89 bits per heavy atom. The van der Waals surface area contributed by atoms with Crippen LogP contribution >= 0.6 is 11.8 Å².